The molecule has 0 radical (unpaired) electrons. The van der Waals surface area contributed by atoms with Gasteiger partial charge in [-0.15, -0.1) is 0 Å². The molecule has 0 aliphatic rings. The molecule has 0 fully saturated rings. The Balaban J connectivity index is 2.38. The van der Waals surface area contributed by atoms with E-state index in [0.29, 0.717) is 0 Å². The number of hydrogen-bond donors (Lipinski definition) is 1. The molecule has 3 heteroatoms. The first-order valence-corrected chi connectivity index (χ1v) is 5.27. The molecule has 0 aliphatic heterocycles. The topological polar surface area (TPSA) is 29.9 Å². The van der Waals surface area contributed by atoms with E-state index in [1.807, 2.05) is 12.5 Å². The zero-order valence-corrected chi connectivity index (χ0v) is 9.67. The van der Waals surface area contributed by atoms with Crippen molar-refractivity contribution in [2.24, 2.45) is 0 Å². The smallest absolute Gasteiger partial charge is 0.0948 e. The molecule has 0 saturated heterocycles. The minimum atomic E-state index is 0.205. The first-order chi connectivity index (χ1) is 6.53. The third-order valence-electron chi connectivity index (χ3n) is 2.18. The Labute approximate surface area is 86.5 Å². The van der Waals surface area contributed by atoms with Gasteiger partial charge in [0.15, 0.2) is 0 Å². The quantitative estimate of drug-likeness (QED) is 0.794. The van der Waals surface area contributed by atoms with E-state index in [1.165, 1.54) is 5.69 Å². The summed E-state index contributed by atoms with van der Waals surface area (Å²) in [7, 11) is 0. The Kier molecular flexibility index (Phi) is 3.69. The zero-order valence-electron chi connectivity index (χ0n) is 9.67. The molecule has 0 spiro atoms. The molecule has 0 amide bonds. The molecular weight excluding hydrogens is 174 g/mol. The molecule has 0 atom stereocenters. The molecule has 1 aromatic rings. The van der Waals surface area contributed by atoms with Gasteiger partial charge in [-0.1, -0.05) is 0 Å². The van der Waals surface area contributed by atoms with Crippen LogP contribution in [0.4, 0.5) is 0 Å². The lowest BCUT2D eigenvalue weighted by atomic mass is 10.1. The van der Waals surface area contributed by atoms with Crippen molar-refractivity contribution in [3.63, 3.8) is 0 Å². The maximum Gasteiger partial charge on any atom is 0.0948 e. The van der Waals surface area contributed by atoms with E-state index in [0.717, 1.165) is 19.5 Å². The maximum atomic E-state index is 4.14. The van der Waals surface area contributed by atoms with Crippen LogP contribution in [0, 0.1) is 0 Å². The van der Waals surface area contributed by atoms with Crippen molar-refractivity contribution in [3.8, 4) is 0 Å². The van der Waals surface area contributed by atoms with Crippen molar-refractivity contribution in [1.82, 2.24) is 14.9 Å². The Hall–Kier alpha value is -0.830. The summed E-state index contributed by atoms with van der Waals surface area (Å²) in [4.78, 5) is 4.14. The fourth-order valence-electron chi connectivity index (χ4n) is 1.41. The predicted molar refractivity (Wildman–Crippen MR) is 59.4 cm³/mol. The van der Waals surface area contributed by atoms with Gasteiger partial charge in [-0.2, -0.15) is 0 Å². The van der Waals surface area contributed by atoms with Gasteiger partial charge in [-0.3, -0.25) is 0 Å². The van der Waals surface area contributed by atoms with Crippen LogP contribution < -0.4 is 5.32 Å². The van der Waals surface area contributed by atoms with E-state index in [4.69, 9.17) is 0 Å². The van der Waals surface area contributed by atoms with Gasteiger partial charge in [-0.25, -0.2) is 4.98 Å². The SMILES string of the molecule is CCn1cncc1CCNC(C)(C)C. The highest BCUT2D eigenvalue weighted by molar-refractivity contribution is 4.99. The van der Waals surface area contributed by atoms with E-state index in [9.17, 15) is 0 Å². The minimum absolute atomic E-state index is 0.205. The fraction of sp³-hybridized carbons (Fsp3) is 0.727. The molecule has 0 aromatic carbocycles. The summed E-state index contributed by atoms with van der Waals surface area (Å²) in [6.07, 6.45) is 4.89. The monoisotopic (exact) mass is 195 g/mol. The molecule has 1 aromatic heterocycles. The van der Waals surface area contributed by atoms with Crippen LogP contribution in [0.3, 0.4) is 0 Å². The zero-order chi connectivity index (χ0) is 10.6. The average Bonchev–Trinajstić information content (AvgIpc) is 2.49. The summed E-state index contributed by atoms with van der Waals surface area (Å²) >= 11 is 0. The maximum absolute atomic E-state index is 4.14. The van der Waals surface area contributed by atoms with E-state index in [-0.39, 0.29) is 5.54 Å². The van der Waals surface area contributed by atoms with Crippen molar-refractivity contribution in [2.75, 3.05) is 6.54 Å². The van der Waals surface area contributed by atoms with Crippen LogP contribution >= 0.6 is 0 Å². The minimum Gasteiger partial charge on any atom is -0.335 e. The Morgan fingerprint density at radius 3 is 2.71 bits per heavy atom. The average molecular weight is 195 g/mol. The Bertz CT molecular complexity index is 270. The van der Waals surface area contributed by atoms with Crippen LogP contribution in [0.25, 0.3) is 0 Å². The third-order valence-corrected chi connectivity index (χ3v) is 2.18. The summed E-state index contributed by atoms with van der Waals surface area (Å²) < 4.78 is 2.18. The summed E-state index contributed by atoms with van der Waals surface area (Å²) in [6, 6.07) is 0. The van der Waals surface area contributed by atoms with Crippen molar-refractivity contribution < 1.29 is 0 Å². The number of rotatable bonds is 4. The number of aromatic nitrogens is 2. The molecule has 1 N–H and O–H groups in total. The van der Waals surface area contributed by atoms with Gasteiger partial charge in [-0.05, 0) is 27.7 Å². The first-order valence-electron chi connectivity index (χ1n) is 5.27. The van der Waals surface area contributed by atoms with Crippen LogP contribution in [-0.4, -0.2) is 21.6 Å². The Morgan fingerprint density at radius 2 is 2.14 bits per heavy atom. The molecule has 1 rings (SSSR count). The first kappa shape index (κ1) is 11.2. The second-order valence-corrected chi connectivity index (χ2v) is 4.60. The second kappa shape index (κ2) is 4.60. The highest BCUT2D eigenvalue weighted by atomic mass is 15.0. The van der Waals surface area contributed by atoms with Crippen molar-refractivity contribution in [2.45, 2.75) is 46.2 Å². The standard InChI is InChI=1S/C11H21N3/c1-5-14-9-12-8-10(14)6-7-13-11(2,3)4/h8-9,13H,5-7H2,1-4H3. The van der Waals surface area contributed by atoms with E-state index >= 15 is 0 Å². The number of nitrogens with one attached hydrogen (secondary N) is 1. The van der Waals surface area contributed by atoms with Crippen molar-refractivity contribution >= 4 is 0 Å². The van der Waals surface area contributed by atoms with Crippen LogP contribution in [-0.2, 0) is 13.0 Å². The normalized spacial score (nSPS) is 12.0. The van der Waals surface area contributed by atoms with Gasteiger partial charge >= 0.3 is 0 Å². The third kappa shape index (κ3) is 3.50. The van der Waals surface area contributed by atoms with Gasteiger partial charge < -0.3 is 9.88 Å². The second-order valence-electron chi connectivity index (χ2n) is 4.60. The molecule has 80 valence electrons. The van der Waals surface area contributed by atoms with Gasteiger partial charge in [0.05, 0.1) is 6.33 Å². The molecule has 14 heavy (non-hydrogen) atoms. The highest BCUT2D eigenvalue weighted by Crippen LogP contribution is 2.02. The molecule has 3 nitrogen and oxygen atoms in total. The van der Waals surface area contributed by atoms with E-state index in [1.54, 1.807) is 0 Å². The summed E-state index contributed by atoms with van der Waals surface area (Å²) in [6.45, 7) is 10.7. The lowest BCUT2D eigenvalue weighted by molar-refractivity contribution is 0.427. The van der Waals surface area contributed by atoms with Crippen LogP contribution in [0.1, 0.15) is 33.4 Å². The van der Waals surface area contributed by atoms with E-state index in [2.05, 4.69) is 42.6 Å². The van der Waals surface area contributed by atoms with Crippen LogP contribution in [0.15, 0.2) is 12.5 Å². The highest BCUT2D eigenvalue weighted by Gasteiger charge is 2.08. The molecule has 1 heterocycles. The summed E-state index contributed by atoms with van der Waals surface area (Å²) in [5.74, 6) is 0. The lowest BCUT2D eigenvalue weighted by Crippen LogP contribution is -2.37. The van der Waals surface area contributed by atoms with Gasteiger partial charge in [0.2, 0.25) is 0 Å². The Morgan fingerprint density at radius 1 is 1.43 bits per heavy atom. The van der Waals surface area contributed by atoms with E-state index < -0.39 is 0 Å². The van der Waals surface area contributed by atoms with Gasteiger partial charge in [0.1, 0.15) is 0 Å². The number of hydrogen-bond acceptors (Lipinski definition) is 2. The van der Waals surface area contributed by atoms with Crippen LogP contribution in [0.5, 0.6) is 0 Å². The number of imidazole rings is 1. The summed E-state index contributed by atoms with van der Waals surface area (Å²) in [5.41, 5.74) is 1.51. The lowest BCUT2D eigenvalue weighted by Gasteiger charge is -2.20. The molecular formula is C11H21N3. The van der Waals surface area contributed by atoms with Crippen LogP contribution in [0.2, 0.25) is 0 Å². The van der Waals surface area contributed by atoms with Crippen molar-refractivity contribution in [1.29, 1.82) is 0 Å². The molecule has 0 aliphatic carbocycles. The van der Waals surface area contributed by atoms with Crippen molar-refractivity contribution in [3.05, 3.63) is 18.2 Å². The number of aryl methyl sites for hydroxylation is 1. The molecule has 0 unspecified atom stereocenters. The largest absolute Gasteiger partial charge is 0.335 e. The molecule has 0 saturated carbocycles. The van der Waals surface area contributed by atoms with Gasteiger partial charge in [0, 0.05) is 36.9 Å². The number of nitrogens with zero attached hydrogens (tertiary/aromatic N) is 2. The van der Waals surface area contributed by atoms with Gasteiger partial charge in [0.25, 0.3) is 0 Å². The molecule has 0 bridgehead atoms. The fourth-order valence-corrected chi connectivity index (χ4v) is 1.41. The summed E-state index contributed by atoms with van der Waals surface area (Å²) in [5, 5.41) is 3.47. The predicted octanol–water partition coefficient (Wildman–Crippen LogP) is 1.83.